The maximum Gasteiger partial charge on any atom is 0.160 e. The largest absolute Gasteiger partial charge is 0.309 e. The lowest BCUT2D eigenvalue weighted by Crippen LogP contribution is -1.95. The van der Waals surface area contributed by atoms with E-state index in [1.807, 2.05) is 0 Å². The second kappa shape index (κ2) is 11.8. The molecule has 3 heterocycles. The Balaban J connectivity index is 0.912. The van der Waals surface area contributed by atoms with Crippen LogP contribution in [0.4, 0.5) is 0 Å². The highest BCUT2D eigenvalue weighted by Gasteiger charge is 2.24. The standard InChI is InChI=1S/C54H32N4/c1-2-11-38(12-3-1)57-48-19-8-6-14-41(48)45-31-35(24-27-50(45)57)36-25-28-51-46(32-36)42-15-7-9-20-49(42)58(51)39-26-23-33-29-37(22-21-34(33)30-39)54-55-47-18-10-17-43-40-13-4-5-16-44(40)53(56-54)52(43)47/h1-32H. The summed E-state index contributed by atoms with van der Waals surface area (Å²) in [6.07, 6.45) is 0. The summed E-state index contributed by atoms with van der Waals surface area (Å²) in [5.41, 5.74) is 16.1. The lowest BCUT2D eigenvalue weighted by atomic mass is 10.0. The van der Waals surface area contributed by atoms with E-state index in [9.17, 15) is 0 Å². The molecule has 0 aliphatic heterocycles. The zero-order valence-electron chi connectivity index (χ0n) is 31.3. The number of nitrogens with zero attached hydrogens (tertiary/aromatic N) is 4. The first-order valence-electron chi connectivity index (χ1n) is 19.8. The third kappa shape index (κ3) is 4.45. The van der Waals surface area contributed by atoms with Crippen LogP contribution in [0, 0.1) is 0 Å². The fourth-order valence-electron chi connectivity index (χ4n) is 9.61. The van der Waals surface area contributed by atoms with Crippen LogP contribution in [0.25, 0.3) is 122 Å². The SMILES string of the molecule is c1ccc(-n2c3ccccc3c3cc(-c4ccc5c(c4)c4ccccc4n5-c4ccc5cc(-c6nc7c8c(cccc8n6)-c6ccccc6-7)ccc5c4)ccc32)cc1. The summed E-state index contributed by atoms with van der Waals surface area (Å²) in [7, 11) is 0. The van der Waals surface area contributed by atoms with Crippen LogP contribution in [0.5, 0.6) is 0 Å². The maximum atomic E-state index is 5.17. The van der Waals surface area contributed by atoms with Gasteiger partial charge in [0.15, 0.2) is 5.82 Å². The Morgan fingerprint density at radius 3 is 1.64 bits per heavy atom. The van der Waals surface area contributed by atoms with Crippen molar-refractivity contribution in [2.24, 2.45) is 0 Å². The average Bonchev–Trinajstić information content (AvgIpc) is 3.92. The van der Waals surface area contributed by atoms with Crippen LogP contribution in [0.3, 0.4) is 0 Å². The van der Waals surface area contributed by atoms with E-state index in [1.54, 1.807) is 0 Å². The predicted molar refractivity (Wildman–Crippen MR) is 241 cm³/mol. The smallest absolute Gasteiger partial charge is 0.160 e. The fraction of sp³-hybridized carbons (Fsp3) is 0. The van der Waals surface area contributed by atoms with Crippen LogP contribution in [0.1, 0.15) is 0 Å². The second-order valence-corrected chi connectivity index (χ2v) is 15.4. The minimum atomic E-state index is 0.752. The molecule has 1 aliphatic rings. The lowest BCUT2D eigenvalue weighted by molar-refractivity contribution is 1.18. The van der Waals surface area contributed by atoms with Crippen molar-refractivity contribution in [3.8, 4) is 56.3 Å². The molecule has 0 radical (unpaired) electrons. The van der Waals surface area contributed by atoms with Gasteiger partial charge in [0.2, 0.25) is 0 Å². The first-order valence-corrected chi connectivity index (χ1v) is 19.8. The van der Waals surface area contributed by atoms with E-state index in [1.165, 1.54) is 82.5 Å². The molecular formula is C54H32N4. The van der Waals surface area contributed by atoms with Crippen molar-refractivity contribution in [1.82, 2.24) is 19.1 Å². The normalized spacial score (nSPS) is 12.1. The number of aromatic nitrogens is 4. The highest BCUT2D eigenvalue weighted by molar-refractivity contribution is 6.14. The maximum absolute atomic E-state index is 5.17. The number of fused-ring (bicyclic) bond motifs is 10. The van der Waals surface area contributed by atoms with Crippen LogP contribution in [0.2, 0.25) is 0 Å². The van der Waals surface area contributed by atoms with Gasteiger partial charge in [0.25, 0.3) is 0 Å². The summed E-state index contributed by atoms with van der Waals surface area (Å²) in [5, 5.41) is 8.46. The summed E-state index contributed by atoms with van der Waals surface area (Å²) in [6, 6.07) is 70.3. The van der Waals surface area contributed by atoms with E-state index in [4.69, 9.17) is 9.97 Å². The third-order valence-corrected chi connectivity index (χ3v) is 12.2. The molecule has 268 valence electrons. The quantitative estimate of drug-likeness (QED) is 0.180. The molecule has 0 N–H and O–H groups in total. The Bertz CT molecular complexity index is 3680. The molecule has 0 fully saturated rings. The zero-order chi connectivity index (χ0) is 37.9. The molecule has 0 bridgehead atoms. The van der Waals surface area contributed by atoms with Gasteiger partial charge in [0.1, 0.15) is 0 Å². The number of rotatable bonds is 4. The van der Waals surface area contributed by atoms with Gasteiger partial charge >= 0.3 is 0 Å². The molecule has 0 unspecified atom stereocenters. The molecule has 13 rings (SSSR count). The van der Waals surface area contributed by atoms with Crippen molar-refractivity contribution in [3.05, 3.63) is 194 Å². The molecule has 4 heteroatoms. The van der Waals surface area contributed by atoms with Gasteiger partial charge in [0.05, 0.1) is 33.3 Å². The molecule has 0 amide bonds. The van der Waals surface area contributed by atoms with Crippen LogP contribution in [-0.2, 0) is 0 Å². The number of hydrogen-bond acceptors (Lipinski definition) is 2. The second-order valence-electron chi connectivity index (χ2n) is 15.4. The van der Waals surface area contributed by atoms with Crippen molar-refractivity contribution in [2.75, 3.05) is 0 Å². The van der Waals surface area contributed by atoms with Gasteiger partial charge in [-0.3, -0.25) is 0 Å². The molecular weight excluding hydrogens is 705 g/mol. The van der Waals surface area contributed by atoms with E-state index in [0.717, 1.165) is 39.1 Å². The van der Waals surface area contributed by atoms with Gasteiger partial charge in [-0.15, -0.1) is 0 Å². The van der Waals surface area contributed by atoms with Gasteiger partial charge in [-0.25, -0.2) is 9.97 Å². The predicted octanol–water partition coefficient (Wildman–Crippen LogP) is 14.0. The van der Waals surface area contributed by atoms with Gasteiger partial charge in [0, 0.05) is 49.4 Å². The van der Waals surface area contributed by atoms with Gasteiger partial charge < -0.3 is 9.13 Å². The van der Waals surface area contributed by atoms with Crippen LogP contribution in [-0.4, -0.2) is 19.1 Å². The summed E-state index contributed by atoms with van der Waals surface area (Å²) < 4.78 is 4.78. The molecule has 3 aromatic heterocycles. The summed E-state index contributed by atoms with van der Waals surface area (Å²) in [4.78, 5) is 10.2. The molecule has 9 aromatic carbocycles. The Hall–Kier alpha value is -7.82. The molecule has 0 saturated carbocycles. The van der Waals surface area contributed by atoms with Crippen LogP contribution in [0.15, 0.2) is 194 Å². The lowest BCUT2D eigenvalue weighted by Gasteiger charge is -2.11. The van der Waals surface area contributed by atoms with Crippen LogP contribution < -0.4 is 0 Å². The van der Waals surface area contributed by atoms with Gasteiger partial charge in [-0.2, -0.15) is 0 Å². The third-order valence-electron chi connectivity index (χ3n) is 12.2. The Kier molecular flexibility index (Phi) is 6.41. The van der Waals surface area contributed by atoms with E-state index in [2.05, 4.69) is 203 Å². The fourth-order valence-corrected chi connectivity index (χ4v) is 9.61. The molecule has 58 heavy (non-hydrogen) atoms. The van der Waals surface area contributed by atoms with Crippen molar-refractivity contribution < 1.29 is 0 Å². The Morgan fingerprint density at radius 1 is 0.328 bits per heavy atom. The van der Waals surface area contributed by atoms with Crippen molar-refractivity contribution in [2.45, 2.75) is 0 Å². The molecule has 0 saturated heterocycles. The van der Waals surface area contributed by atoms with Gasteiger partial charge in [-0.1, -0.05) is 121 Å². The van der Waals surface area contributed by atoms with Crippen LogP contribution >= 0.6 is 0 Å². The molecule has 12 aromatic rings. The number of benzene rings is 9. The average molecular weight is 737 g/mol. The number of hydrogen-bond donors (Lipinski definition) is 0. The minimum Gasteiger partial charge on any atom is -0.309 e. The summed E-state index contributed by atoms with van der Waals surface area (Å²) in [6.45, 7) is 0. The van der Waals surface area contributed by atoms with Crippen molar-refractivity contribution in [1.29, 1.82) is 0 Å². The Morgan fingerprint density at radius 2 is 0.897 bits per heavy atom. The number of para-hydroxylation sites is 3. The summed E-state index contributed by atoms with van der Waals surface area (Å²) >= 11 is 0. The Labute approximate surface area is 333 Å². The van der Waals surface area contributed by atoms with E-state index >= 15 is 0 Å². The molecule has 0 spiro atoms. The first kappa shape index (κ1) is 31.4. The van der Waals surface area contributed by atoms with E-state index in [-0.39, 0.29) is 0 Å². The van der Waals surface area contributed by atoms with E-state index < -0.39 is 0 Å². The molecule has 1 aliphatic carbocycles. The first-order chi connectivity index (χ1) is 28.7. The van der Waals surface area contributed by atoms with Crippen molar-refractivity contribution in [3.63, 3.8) is 0 Å². The summed E-state index contributed by atoms with van der Waals surface area (Å²) in [5.74, 6) is 0.752. The zero-order valence-corrected chi connectivity index (χ0v) is 31.3. The minimum absolute atomic E-state index is 0.752. The van der Waals surface area contributed by atoms with Crippen molar-refractivity contribution >= 4 is 65.3 Å². The highest BCUT2D eigenvalue weighted by atomic mass is 15.0. The monoisotopic (exact) mass is 736 g/mol. The van der Waals surface area contributed by atoms with E-state index in [0.29, 0.717) is 0 Å². The van der Waals surface area contributed by atoms with Gasteiger partial charge in [-0.05, 0) is 106 Å². The molecule has 4 nitrogen and oxygen atoms in total. The topological polar surface area (TPSA) is 35.6 Å². The molecule has 0 atom stereocenters. The highest BCUT2D eigenvalue weighted by Crippen LogP contribution is 2.46.